The Balaban J connectivity index is 1.72. The normalized spacial score (nSPS) is 38.7. The summed E-state index contributed by atoms with van der Waals surface area (Å²) in [6, 6.07) is 5.80. The molecule has 1 aromatic rings. The monoisotopic (exact) mass is 383 g/mol. The fraction of sp³-hybridized carbons (Fsp3) is 0.636. The van der Waals surface area contributed by atoms with Crippen LogP contribution in [0.1, 0.15) is 44.1 Å². The summed E-state index contributed by atoms with van der Waals surface area (Å²) in [5.74, 6) is 3.72. The van der Waals surface area contributed by atoms with Crippen LogP contribution in [0.2, 0.25) is 0 Å². The van der Waals surface area contributed by atoms with Gasteiger partial charge in [-0.3, -0.25) is 9.69 Å². The van der Waals surface area contributed by atoms with E-state index in [-0.39, 0.29) is 11.3 Å². The SMILES string of the molecule is COc1ccc(C2(C34CC5CC(CC(C5)C3)C4)N=C(N)N(C)C2=O)cc1OC. The third kappa shape index (κ3) is 2.14. The van der Waals surface area contributed by atoms with E-state index in [0.29, 0.717) is 35.2 Å². The first-order chi connectivity index (χ1) is 13.4. The van der Waals surface area contributed by atoms with Gasteiger partial charge in [0.05, 0.1) is 14.2 Å². The van der Waals surface area contributed by atoms with Crippen LogP contribution in [0.5, 0.6) is 11.5 Å². The van der Waals surface area contributed by atoms with E-state index >= 15 is 0 Å². The Hall–Kier alpha value is -2.24. The topological polar surface area (TPSA) is 77.2 Å². The van der Waals surface area contributed by atoms with Gasteiger partial charge in [0.25, 0.3) is 5.91 Å². The summed E-state index contributed by atoms with van der Waals surface area (Å²) >= 11 is 0. The molecule has 4 saturated carbocycles. The Morgan fingerprint density at radius 1 is 1.04 bits per heavy atom. The number of methoxy groups -OCH3 is 2. The van der Waals surface area contributed by atoms with Crippen LogP contribution in [0.15, 0.2) is 23.2 Å². The van der Waals surface area contributed by atoms with Crippen molar-refractivity contribution < 1.29 is 14.3 Å². The van der Waals surface area contributed by atoms with Gasteiger partial charge >= 0.3 is 0 Å². The third-order valence-electron chi connectivity index (χ3n) is 7.85. The molecule has 1 amide bonds. The molecule has 6 heteroatoms. The van der Waals surface area contributed by atoms with Crippen LogP contribution in [-0.4, -0.2) is 38.0 Å². The van der Waals surface area contributed by atoms with Crippen molar-refractivity contribution in [1.82, 2.24) is 4.90 Å². The van der Waals surface area contributed by atoms with Crippen LogP contribution < -0.4 is 15.2 Å². The van der Waals surface area contributed by atoms with Gasteiger partial charge in [-0.2, -0.15) is 0 Å². The fourth-order valence-electron chi connectivity index (χ4n) is 7.10. The van der Waals surface area contributed by atoms with Gasteiger partial charge in [0.2, 0.25) is 0 Å². The van der Waals surface area contributed by atoms with Crippen molar-refractivity contribution in [3.8, 4) is 11.5 Å². The van der Waals surface area contributed by atoms with Crippen LogP contribution in [-0.2, 0) is 10.3 Å². The molecule has 1 atom stereocenters. The van der Waals surface area contributed by atoms with E-state index < -0.39 is 5.54 Å². The molecule has 0 saturated heterocycles. The van der Waals surface area contributed by atoms with Gasteiger partial charge in [0.15, 0.2) is 23.0 Å². The summed E-state index contributed by atoms with van der Waals surface area (Å²) < 4.78 is 11.0. The maximum atomic E-state index is 13.8. The second-order valence-corrected chi connectivity index (χ2v) is 9.31. The van der Waals surface area contributed by atoms with Crippen molar-refractivity contribution in [3.05, 3.63) is 23.8 Å². The highest BCUT2D eigenvalue weighted by atomic mass is 16.5. The average Bonchev–Trinajstić information content (AvgIpc) is 2.91. The summed E-state index contributed by atoms with van der Waals surface area (Å²) in [5, 5.41) is 0. The third-order valence-corrected chi connectivity index (χ3v) is 7.85. The molecule has 1 aliphatic heterocycles. The van der Waals surface area contributed by atoms with Crippen LogP contribution in [0.25, 0.3) is 0 Å². The summed E-state index contributed by atoms with van der Waals surface area (Å²) in [5.41, 5.74) is 5.99. The zero-order valence-electron chi connectivity index (χ0n) is 16.9. The minimum atomic E-state index is -0.957. The summed E-state index contributed by atoms with van der Waals surface area (Å²) in [6.07, 6.45) is 7.11. The second-order valence-electron chi connectivity index (χ2n) is 9.31. The number of nitrogens with zero attached hydrogens (tertiary/aromatic N) is 2. The Morgan fingerprint density at radius 3 is 2.07 bits per heavy atom. The van der Waals surface area contributed by atoms with Crippen LogP contribution in [0, 0.1) is 23.2 Å². The quantitative estimate of drug-likeness (QED) is 0.867. The lowest BCUT2D eigenvalue weighted by atomic mass is 9.43. The number of hydrogen-bond acceptors (Lipinski definition) is 5. The predicted octanol–water partition coefficient (Wildman–Crippen LogP) is 2.90. The summed E-state index contributed by atoms with van der Waals surface area (Å²) in [7, 11) is 4.99. The van der Waals surface area contributed by atoms with Crippen molar-refractivity contribution in [2.75, 3.05) is 21.3 Å². The molecule has 6 rings (SSSR count). The zero-order valence-corrected chi connectivity index (χ0v) is 16.9. The maximum absolute atomic E-state index is 13.8. The number of guanidine groups is 1. The minimum Gasteiger partial charge on any atom is -0.493 e. The minimum absolute atomic E-state index is 0.000769. The van der Waals surface area contributed by atoms with Gasteiger partial charge in [-0.15, -0.1) is 0 Å². The average molecular weight is 383 g/mol. The maximum Gasteiger partial charge on any atom is 0.262 e. The van der Waals surface area contributed by atoms with E-state index in [4.69, 9.17) is 20.2 Å². The molecule has 150 valence electrons. The molecule has 1 heterocycles. The Kier molecular flexibility index (Phi) is 3.74. The van der Waals surface area contributed by atoms with Crippen molar-refractivity contribution >= 4 is 11.9 Å². The number of carbonyl (C=O) groups excluding carboxylic acids is 1. The first-order valence-electron chi connectivity index (χ1n) is 10.3. The number of carbonyl (C=O) groups is 1. The zero-order chi connectivity index (χ0) is 19.7. The van der Waals surface area contributed by atoms with Crippen LogP contribution >= 0.6 is 0 Å². The molecule has 4 aliphatic carbocycles. The number of nitrogens with two attached hydrogens (primary N) is 1. The molecule has 1 unspecified atom stereocenters. The molecule has 5 aliphatic rings. The molecule has 1 aromatic carbocycles. The molecular formula is C22H29N3O3. The van der Waals surface area contributed by atoms with Crippen molar-refractivity contribution in [2.45, 2.75) is 44.1 Å². The smallest absolute Gasteiger partial charge is 0.262 e. The molecule has 0 aromatic heterocycles. The number of aliphatic imine (C=N–C) groups is 1. The lowest BCUT2D eigenvalue weighted by Gasteiger charge is -2.61. The van der Waals surface area contributed by atoms with Gasteiger partial charge in [0, 0.05) is 12.5 Å². The Morgan fingerprint density at radius 2 is 1.61 bits per heavy atom. The van der Waals surface area contributed by atoms with E-state index in [1.54, 1.807) is 21.3 Å². The van der Waals surface area contributed by atoms with E-state index in [9.17, 15) is 4.79 Å². The number of amides is 1. The molecule has 4 fully saturated rings. The Labute approximate surface area is 166 Å². The largest absolute Gasteiger partial charge is 0.493 e. The van der Waals surface area contributed by atoms with E-state index in [1.807, 2.05) is 18.2 Å². The predicted molar refractivity (Wildman–Crippen MR) is 106 cm³/mol. The van der Waals surface area contributed by atoms with Crippen LogP contribution in [0.3, 0.4) is 0 Å². The van der Waals surface area contributed by atoms with Gasteiger partial charge in [0.1, 0.15) is 0 Å². The number of rotatable bonds is 4. The molecule has 0 radical (unpaired) electrons. The molecule has 28 heavy (non-hydrogen) atoms. The van der Waals surface area contributed by atoms with E-state index in [0.717, 1.165) is 24.8 Å². The first kappa shape index (κ1) is 17.8. The number of ether oxygens (including phenoxy) is 2. The number of benzene rings is 1. The van der Waals surface area contributed by atoms with Crippen molar-refractivity contribution in [2.24, 2.45) is 33.9 Å². The molecular weight excluding hydrogens is 354 g/mol. The lowest BCUT2D eigenvalue weighted by molar-refractivity contribution is -0.149. The highest BCUT2D eigenvalue weighted by Crippen LogP contribution is 2.68. The summed E-state index contributed by atoms with van der Waals surface area (Å²) in [4.78, 5) is 20.3. The van der Waals surface area contributed by atoms with Crippen LogP contribution in [0.4, 0.5) is 0 Å². The highest BCUT2D eigenvalue weighted by Gasteiger charge is 2.67. The highest BCUT2D eigenvalue weighted by molar-refractivity contribution is 6.07. The molecule has 0 spiro atoms. The van der Waals surface area contributed by atoms with E-state index in [1.165, 1.54) is 24.2 Å². The lowest BCUT2D eigenvalue weighted by Crippen LogP contribution is -2.59. The number of hydrogen-bond donors (Lipinski definition) is 1. The van der Waals surface area contributed by atoms with Crippen molar-refractivity contribution in [1.29, 1.82) is 0 Å². The van der Waals surface area contributed by atoms with Gasteiger partial charge in [-0.1, -0.05) is 6.07 Å². The Bertz CT molecular complexity index is 829. The number of likely N-dealkylation sites (N-methyl/N-ethyl adjacent to an activating group) is 1. The standard InChI is InChI=1S/C22H29N3O3/c1-25-19(26)22(24-20(25)23,16-4-5-17(27-2)18(9-16)28-3)21-10-13-6-14(11-21)8-15(7-13)12-21/h4-5,9,13-15H,6-8,10-12H2,1-3H3,(H2,23,24). The molecule has 6 nitrogen and oxygen atoms in total. The molecule has 2 N–H and O–H groups in total. The van der Waals surface area contributed by atoms with Gasteiger partial charge < -0.3 is 15.2 Å². The first-order valence-corrected chi connectivity index (χ1v) is 10.3. The van der Waals surface area contributed by atoms with Gasteiger partial charge in [-0.05, 0) is 74.0 Å². The van der Waals surface area contributed by atoms with Gasteiger partial charge in [-0.25, -0.2) is 4.99 Å². The fourth-order valence-corrected chi connectivity index (χ4v) is 7.10. The second kappa shape index (κ2) is 5.88. The summed E-state index contributed by atoms with van der Waals surface area (Å²) in [6.45, 7) is 0. The van der Waals surface area contributed by atoms with E-state index in [2.05, 4.69) is 0 Å². The van der Waals surface area contributed by atoms with Crippen molar-refractivity contribution in [3.63, 3.8) is 0 Å². The molecule has 4 bridgehead atoms.